The van der Waals surface area contributed by atoms with Crippen LogP contribution >= 0.6 is 0 Å². The monoisotopic (exact) mass is 358 g/mol. The second-order valence-corrected chi connectivity index (χ2v) is 8.52. The molecule has 1 spiro atoms. The molecule has 2 aliphatic rings. The third kappa shape index (κ3) is 4.66. The smallest absolute Gasteiger partial charge is 0.224 e. The van der Waals surface area contributed by atoms with Crippen molar-refractivity contribution in [1.82, 2.24) is 9.80 Å². The molecule has 0 radical (unpaired) electrons. The Morgan fingerprint density at radius 1 is 1.15 bits per heavy atom. The molecule has 2 heterocycles. The Bertz CT molecular complexity index is 599. The number of hydrogen-bond donors (Lipinski definition) is 0. The van der Waals surface area contributed by atoms with Gasteiger partial charge < -0.3 is 9.64 Å². The maximum atomic E-state index is 12.3. The van der Waals surface area contributed by atoms with E-state index < -0.39 is 0 Å². The van der Waals surface area contributed by atoms with E-state index in [-0.39, 0.29) is 5.91 Å². The minimum atomic E-state index is 0.255. The molecule has 0 aromatic heterocycles. The first-order valence-electron chi connectivity index (χ1n) is 10.1. The third-order valence-electron chi connectivity index (χ3n) is 6.10. The summed E-state index contributed by atoms with van der Waals surface area (Å²) in [7, 11) is 1.66. The van der Waals surface area contributed by atoms with Crippen molar-refractivity contribution in [3.8, 4) is 0 Å². The quantitative estimate of drug-likeness (QED) is 0.778. The fourth-order valence-corrected chi connectivity index (χ4v) is 4.54. The van der Waals surface area contributed by atoms with Gasteiger partial charge in [0.05, 0.1) is 13.0 Å². The summed E-state index contributed by atoms with van der Waals surface area (Å²) in [5, 5.41) is 0. The van der Waals surface area contributed by atoms with Gasteiger partial charge in [-0.3, -0.25) is 9.69 Å². The maximum absolute atomic E-state index is 12.3. The van der Waals surface area contributed by atoms with Crippen molar-refractivity contribution in [2.75, 3.05) is 39.9 Å². The SMILES string of the molecule is COCCC(=O)N1CC[C@]2(CCCN(Cc3ccc(C(C)C)cc3)C2)C1. The Morgan fingerprint density at radius 3 is 2.62 bits per heavy atom. The molecule has 0 saturated carbocycles. The summed E-state index contributed by atoms with van der Waals surface area (Å²) in [6, 6.07) is 9.11. The van der Waals surface area contributed by atoms with Gasteiger partial charge in [0.1, 0.15) is 0 Å². The lowest BCUT2D eigenvalue weighted by Gasteiger charge is -2.40. The van der Waals surface area contributed by atoms with Crippen molar-refractivity contribution < 1.29 is 9.53 Å². The average molecular weight is 359 g/mol. The number of rotatable bonds is 6. The summed E-state index contributed by atoms with van der Waals surface area (Å²) < 4.78 is 5.06. The highest BCUT2D eigenvalue weighted by Crippen LogP contribution is 2.39. The standard InChI is InChI=1S/C22H34N2O2/c1-18(2)20-7-5-19(6-8-20)15-23-12-4-10-22(16-23)11-13-24(17-22)21(25)9-14-26-3/h5-8,18H,4,9-17H2,1-3H3/t22-/m0/s1. The topological polar surface area (TPSA) is 32.8 Å². The zero-order valence-electron chi connectivity index (χ0n) is 16.7. The third-order valence-corrected chi connectivity index (χ3v) is 6.10. The minimum absolute atomic E-state index is 0.255. The molecule has 1 amide bonds. The first-order valence-corrected chi connectivity index (χ1v) is 10.1. The lowest BCUT2D eigenvalue weighted by molar-refractivity contribution is -0.131. The fourth-order valence-electron chi connectivity index (χ4n) is 4.54. The van der Waals surface area contributed by atoms with E-state index in [2.05, 4.69) is 47.9 Å². The molecule has 0 bridgehead atoms. The van der Waals surface area contributed by atoms with Crippen molar-refractivity contribution in [2.45, 2.75) is 52.0 Å². The van der Waals surface area contributed by atoms with Gasteiger partial charge in [-0.2, -0.15) is 0 Å². The number of amides is 1. The molecule has 2 saturated heterocycles. The van der Waals surface area contributed by atoms with E-state index >= 15 is 0 Å². The van der Waals surface area contributed by atoms with Gasteiger partial charge in [-0.25, -0.2) is 0 Å². The van der Waals surface area contributed by atoms with Crippen molar-refractivity contribution in [3.63, 3.8) is 0 Å². The van der Waals surface area contributed by atoms with Gasteiger partial charge in [0.25, 0.3) is 0 Å². The predicted octanol–water partition coefficient (Wildman–Crippen LogP) is 3.66. The molecule has 0 aliphatic carbocycles. The van der Waals surface area contributed by atoms with Gasteiger partial charge in [-0.05, 0) is 42.9 Å². The number of carbonyl (C=O) groups is 1. The largest absolute Gasteiger partial charge is 0.384 e. The summed E-state index contributed by atoms with van der Waals surface area (Å²) in [4.78, 5) is 17.0. The number of piperidine rings is 1. The van der Waals surface area contributed by atoms with E-state index in [4.69, 9.17) is 4.74 Å². The summed E-state index contributed by atoms with van der Waals surface area (Å²) in [5.74, 6) is 0.840. The van der Waals surface area contributed by atoms with Crippen LogP contribution in [0.4, 0.5) is 0 Å². The van der Waals surface area contributed by atoms with E-state index in [0.717, 1.165) is 32.6 Å². The molecule has 2 aliphatic heterocycles. The zero-order valence-corrected chi connectivity index (χ0v) is 16.7. The molecule has 1 aromatic carbocycles. The predicted molar refractivity (Wildman–Crippen MR) is 105 cm³/mol. The molecular weight excluding hydrogens is 324 g/mol. The van der Waals surface area contributed by atoms with Crippen LogP contribution in [0.5, 0.6) is 0 Å². The second-order valence-electron chi connectivity index (χ2n) is 8.52. The van der Waals surface area contributed by atoms with Gasteiger partial charge in [-0.1, -0.05) is 38.1 Å². The summed E-state index contributed by atoms with van der Waals surface area (Å²) in [5.41, 5.74) is 3.11. The van der Waals surface area contributed by atoms with Crippen molar-refractivity contribution in [1.29, 1.82) is 0 Å². The molecular formula is C22H34N2O2. The number of benzene rings is 1. The Hall–Kier alpha value is -1.39. The van der Waals surface area contributed by atoms with E-state index in [1.54, 1.807) is 7.11 Å². The number of likely N-dealkylation sites (tertiary alicyclic amines) is 2. The molecule has 0 unspecified atom stereocenters. The Morgan fingerprint density at radius 2 is 1.92 bits per heavy atom. The van der Waals surface area contributed by atoms with E-state index in [0.29, 0.717) is 24.4 Å². The molecule has 0 N–H and O–H groups in total. The Labute approximate surface area is 158 Å². The molecule has 3 rings (SSSR count). The lowest BCUT2D eigenvalue weighted by atomic mass is 9.79. The van der Waals surface area contributed by atoms with Gasteiger partial charge >= 0.3 is 0 Å². The highest BCUT2D eigenvalue weighted by Gasteiger charge is 2.42. The van der Waals surface area contributed by atoms with Gasteiger partial charge in [0.15, 0.2) is 0 Å². The molecule has 144 valence electrons. The normalized spacial score (nSPS) is 23.9. The van der Waals surface area contributed by atoms with Gasteiger partial charge in [-0.15, -0.1) is 0 Å². The maximum Gasteiger partial charge on any atom is 0.224 e. The van der Waals surface area contributed by atoms with Crippen molar-refractivity contribution in [2.24, 2.45) is 5.41 Å². The van der Waals surface area contributed by atoms with Crippen molar-refractivity contribution in [3.05, 3.63) is 35.4 Å². The number of nitrogens with zero attached hydrogens (tertiary/aromatic N) is 2. The molecule has 4 nitrogen and oxygen atoms in total. The number of ether oxygens (including phenoxy) is 1. The minimum Gasteiger partial charge on any atom is -0.384 e. The lowest BCUT2D eigenvalue weighted by Crippen LogP contribution is -2.45. The number of methoxy groups -OCH3 is 1. The van der Waals surface area contributed by atoms with E-state index in [1.807, 2.05) is 0 Å². The van der Waals surface area contributed by atoms with Gasteiger partial charge in [0.2, 0.25) is 5.91 Å². The van der Waals surface area contributed by atoms with Crippen LogP contribution in [0.25, 0.3) is 0 Å². The van der Waals surface area contributed by atoms with Crippen LogP contribution in [0, 0.1) is 5.41 Å². The molecule has 26 heavy (non-hydrogen) atoms. The van der Waals surface area contributed by atoms with Crippen LogP contribution in [-0.2, 0) is 16.1 Å². The molecule has 1 aromatic rings. The van der Waals surface area contributed by atoms with Crippen LogP contribution < -0.4 is 0 Å². The Balaban J connectivity index is 1.56. The van der Waals surface area contributed by atoms with Crippen molar-refractivity contribution >= 4 is 5.91 Å². The van der Waals surface area contributed by atoms with Crippen LogP contribution in [-0.4, -0.2) is 55.6 Å². The highest BCUT2D eigenvalue weighted by molar-refractivity contribution is 5.76. The Kier molecular flexibility index (Phi) is 6.36. The van der Waals surface area contributed by atoms with Crippen LogP contribution in [0.2, 0.25) is 0 Å². The molecule has 1 atom stereocenters. The highest BCUT2D eigenvalue weighted by atomic mass is 16.5. The van der Waals surface area contributed by atoms with Crippen LogP contribution in [0.1, 0.15) is 56.6 Å². The summed E-state index contributed by atoms with van der Waals surface area (Å²) in [6.07, 6.45) is 4.15. The van der Waals surface area contributed by atoms with Gasteiger partial charge in [0, 0.05) is 38.7 Å². The van der Waals surface area contributed by atoms with E-state index in [9.17, 15) is 4.79 Å². The van der Waals surface area contributed by atoms with Crippen LogP contribution in [0.15, 0.2) is 24.3 Å². The number of hydrogen-bond acceptors (Lipinski definition) is 3. The average Bonchev–Trinajstić information content (AvgIpc) is 3.03. The fraction of sp³-hybridized carbons (Fsp3) is 0.682. The first-order chi connectivity index (χ1) is 12.5. The first kappa shape index (κ1) is 19.4. The summed E-state index contributed by atoms with van der Waals surface area (Å²) in [6.45, 7) is 10.2. The summed E-state index contributed by atoms with van der Waals surface area (Å²) >= 11 is 0. The second kappa shape index (κ2) is 8.53. The zero-order chi connectivity index (χ0) is 18.6. The van der Waals surface area contributed by atoms with E-state index in [1.165, 1.54) is 30.5 Å². The molecule has 2 fully saturated rings. The molecule has 4 heteroatoms. The number of carbonyl (C=O) groups excluding carboxylic acids is 1. The van der Waals surface area contributed by atoms with Crippen LogP contribution in [0.3, 0.4) is 0 Å².